The maximum absolute atomic E-state index is 5.91. The fourth-order valence-corrected chi connectivity index (χ4v) is 2.75. The van der Waals surface area contributed by atoms with Crippen LogP contribution < -0.4 is 10.5 Å². The van der Waals surface area contributed by atoms with Gasteiger partial charge in [0.2, 0.25) is 0 Å². The van der Waals surface area contributed by atoms with Gasteiger partial charge in [-0.15, -0.1) is 0 Å². The minimum atomic E-state index is 0.696. The molecule has 2 rings (SSSR count). The van der Waals surface area contributed by atoms with Gasteiger partial charge >= 0.3 is 0 Å². The molecule has 1 heterocycles. The van der Waals surface area contributed by atoms with E-state index < -0.39 is 0 Å². The van der Waals surface area contributed by atoms with Gasteiger partial charge in [0, 0.05) is 44.0 Å². The lowest BCUT2D eigenvalue weighted by atomic mass is 10.1. The monoisotopic (exact) mass is 277 g/mol. The Balaban J connectivity index is 1.95. The Kier molecular flexibility index (Phi) is 5.68. The van der Waals surface area contributed by atoms with Gasteiger partial charge < -0.3 is 15.4 Å². The molecule has 1 aromatic carbocycles. The topological polar surface area (TPSA) is 41.7 Å². The van der Waals surface area contributed by atoms with Crippen molar-refractivity contribution in [2.75, 3.05) is 45.1 Å². The number of hydrogen-bond acceptors (Lipinski definition) is 4. The third kappa shape index (κ3) is 4.12. The molecule has 2 N–H and O–H groups in total. The summed E-state index contributed by atoms with van der Waals surface area (Å²) in [5.74, 6) is 0.970. The molecule has 1 saturated heterocycles. The van der Waals surface area contributed by atoms with Crippen molar-refractivity contribution in [3.63, 3.8) is 0 Å². The van der Waals surface area contributed by atoms with E-state index in [0.29, 0.717) is 6.61 Å². The van der Waals surface area contributed by atoms with E-state index in [9.17, 15) is 0 Å². The predicted octanol–water partition coefficient (Wildman–Crippen LogP) is 2.20. The molecule has 1 aliphatic rings. The Bertz CT molecular complexity index is 414. The van der Waals surface area contributed by atoms with Crippen LogP contribution in [0.4, 0.5) is 5.69 Å². The number of rotatable bonds is 6. The van der Waals surface area contributed by atoms with E-state index in [1.165, 1.54) is 31.6 Å². The lowest BCUT2D eigenvalue weighted by Crippen LogP contribution is -2.46. The molecule has 1 fully saturated rings. The third-order valence-electron chi connectivity index (χ3n) is 3.78. The zero-order chi connectivity index (χ0) is 14.4. The summed E-state index contributed by atoms with van der Waals surface area (Å²) in [6, 6.07) is 5.94. The van der Waals surface area contributed by atoms with Crippen molar-refractivity contribution in [3.8, 4) is 5.75 Å². The summed E-state index contributed by atoms with van der Waals surface area (Å²) in [7, 11) is 0. The molecule has 4 heteroatoms. The van der Waals surface area contributed by atoms with Gasteiger partial charge in [-0.2, -0.15) is 0 Å². The Morgan fingerprint density at radius 3 is 2.45 bits per heavy atom. The number of nitrogens with zero attached hydrogens (tertiary/aromatic N) is 2. The van der Waals surface area contributed by atoms with Crippen molar-refractivity contribution in [1.82, 2.24) is 9.80 Å². The van der Waals surface area contributed by atoms with E-state index in [4.69, 9.17) is 10.5 Å². The highest BCUT2D eigenvalue weighted by atomic mass is 16.5. The van der Waals surface area contributed by atoms with Crippen LogP contribution in [0, 0.1) is 0 Å². The fourth-order valence-electron chi connectivity index (χ4n) is 2.75. The van der Waals surface area contributed by atoms with Crippen LogP contribution in [0.2, 0.25) is 0 Å². The van der Waals surface area contributed by atoms with Crippen LogP contribution in [0.25, 0.3) is 0 Å². The van der Waals surface area contributed by atoms with Crippen LogP contribution in [0.1, 0.15) is 25.8 Å². The molecule has 112 valence electrons. The van der Waals surface area contributed by atoms with Crippen LogP contribution in [0.5, 0.6) is 5.75 Å². The zero-order valence-corrected chi connectivity index (χ0v) is 12.8. The number of nitrogen functional groups attached to an aromatic ring is 1. The Morgan fingerprint density at radius 1 is 1.10 bits per heavy atom. The van der Waals surface area contributed by atoms with Crippen LogP contribution in [0.15, 0.2) is 18.2 Å². The maximum atomic E-state index is 5.91. The van der Waals surface area contributed by atoms with Crippen molar-refractivity contribution >= 4 is 5.69 Å². The number of piperazine rings is 1. The average Bonchev–Trinajstić information content (AvgIpc) is 2.44. The summed E-state index contributed by atoms with van der Waals surface area (Å²) < 4.78 is 5.70. The van der Waals surface area contributed by atoms with E-state index in [0.717, 1.165) is 31.1 Å². The van der Waals surface area contributed by atoms with E-state index in [2.05, 4.69) is 16.7 Å². The van der Waals surface area contributed by atoms with Gasteiger partial charge in [-0.3, -0.25) is 4.90 Å². The van der Waals surface area contributed by atoms with Gasteiger partial charge in [0.15, 0.2) is 0 Å². The quantitative estimate of drug-likeness (QED) is 0.809. The summed E-state index contributed by atoms with van der Waals surface area (Å²) >= 11 is 0. The van der Waals surface area contributed by atoms with Gasteiger partial charge in [-0.05, 0) is 38.1 Å². The van der Waals surface area contributed by atoms with Gasteiger partial charge in [0.05, 0.1) is 6.61 Å². The summed E-state index contributed by atoms with van der Waals surface area (Å²) in [6.07, 6.45) is 1.24. The van der Waals surface area contributed by atoms with Gasteiger partial charge in [-0.1, -0.05) is 6.92 Å². The van der Waals surface area contributed by atoms with Crippen LogP contribution in [-0.2, 0) is 6.54 Å². The van der Waals surface area contributed by atoms with Crippen LogP contribution in [0.3, 0.4) is 0 Å². The lowest BCUT2D eigenvalue weighted by Gasteiger charge is -2.34. The van der Waals surface area contributed by atoms with E-state index in [-0.39, 0.29) is 0 Å². The second-order valence-electron chi connectivity index (χ2n) is 5.42. The number of nitrogens with two attached hydrogens (primary N) is 1. The normalized spacial score (nSPS) is 17.3. The SMILES string of the molecule is CCCN1CCN(Cc2cc(N)ccc2OCC)CC1. The van der Waals surface area contributed by atoms with Crippen LogP contribution in [-0.4, -0.2) is 49.1 Å². The highest BCUT2D eigenvalue weighted by Crippen LogP contribution is 2.23. The molecule has 0 bridgehead atoms. The van der Waals surface area contributed by atoms with E-state index in [1.807, 2.05) is 25.1 Å². The molecule has 0 radical (unpaired) electrons. The molecule has 0 atom stereocenters. The molecular weight excluding hydrogens is 250 g/mol. The highest BCUT2D eigenvalue weighted by Gasteiger charge is 2.17. The summed E-state index contributed by atoms with van der Waals surface area (Å²) in [6.45, 7) is 11.7. The first kappa shape index (κ1) is 15.1. The Morgan fingerprint density at radius 2 is 1.80 bits per heavy atom. The molecule has 1 aliphatic heterocycles. The molecule has 20 heavy (non-hydrogen) atoms. The molecule has 0 spiro atoms. The Labute approximate surface area is 122 Å². The average molecular weight is 277 g/mol. The standard InChI is InChI=1S/C16H27N3O/c1-3-7-18-8-10-19(11-9-18)13-14-12-15(17)5-6-16(14)20-4-2/h5-6,12H,3-4,7-11,13,17H2,1-2H3. The highest BCUT2D eigenvalue weighted by molar-refractivity contribution is 5.47. The number of anilines is 1. The van der Waals surface area contributed by atoms with Crippen molar-refractivity contribution in [3.05, 3.63) is 23.8 Å². The minimum absolute atomic E-state index is 0.696. The molecule has 0 aliphatic carbocycles. The van der Waals surface area contributed by atoms with Crippen molar-refractivity contribution in [2.24, 2.45) is 0 Å². The lowest BCUT2D eigenvalue weighted by molar-refractivity contribution is 0.126. The predicted molar refractivity (Wildman–Crippen MR) is 84.0 cm³/mol. The van der Waals surface area contributed by atoms with Crippen molar-refractivity contribution < 1.29 is 4.74 Å². The number of benzene rings is 1. The molecule has 0 saturated carbocycles. The number of hydrogen-bond donors (Lipinski definition) is 1. The first-order valence-corrected chi connectivity index (χ1v) is 7.68. The molecule has 0 aromatic heterocycles. The second-order valence-corrected chi connectivity index (χ2v) is 5.42. The van der Waals surface area contributed by atoms with Crippen molar-refractivity contribution in [1.29, 1.82) is 0 Å². The maximum Gasteiger partial charge on any atom is 0.123 e. The van der Waals surface area contributed by atoms with Crippen molar-refractivity contribution in [2.45, 2.75) is 26.8 Å². The second kappa shape index (κ2) is 7.50. The van der Waals surface area contributed by atoms with E-state index in [1.54, 1.807) is 0 Å². The summed E-state index contributed by atoms with van der Waals surface area (Å²) in [5.41, 5.74) is 7.93. The van der Waals surface area contributed by atoms with Crippen LogP contribution >= 0.6 is 0 Å². The summed E-state index contributed by atoms with van der Waals surface area (Å²) in [4.78, 5) is 5.03. The molecule has 4 nitrogen and oxygen atoms in total. The molecule has 0 amide bonds. The number of ether oxygens (including phenoxy) is 1. The largest absolute Gasteiger partial charge is 0.494 e. The zero-order valence-electron chi connectivity index (χ0n) is 12.8. The fraction of sp³-hybridized carbons (Fsp3) is 0.625. The Hall–Kier alpha value is -1.26. The van der Waals surface area contributed by atoms with Gasteiger partial charge in [0.25, 0.3) is 0 Å². The molecular formula is C16H27N3O. The first-order valence-electron chi connectivity index (χ1n) is 7.68. The summed E-state index contributed by atoms with van der Waals surface area (Å²) in [5, 5.41) is 0. The minimum Gasteiger partial charge on any atom is -0.494 e. The smallest absolute Gasteiger partial charge is 0.123 e. The molecule has 1 aromatic rings. The van der Waals surface area contributed by atoms with Gasteiger partial charge in [0.1, 0.15) is 5.75 Å². The van der Waals surface area contributed by atoms with Gasteiger partial charge in [-0.25, -0.2) is 0 Å². The molecule has 0 unspecified atom stereocenters. The van der Waals surface area contributed by atoms with E-state index >= 15 is 0 Å². The third-order valence-corrected chi connectivity index (χ3v) is 3.78. The first-order chi connectivity index (χ1) is 9.72.